The van der Waals surface area contributed by atoms with Crippen LogP contribution in [0.1, 0.15) is 58.4 Å². The van der Waals surface area contributed by atoms with Gasteiger partial charge in [0.1, 0.15) is 0 Å². The lowest BCUT2D eigenvalue weighted by Crippen LogP contribution is -2.42. The molecule has 0 aromatic heterocycles. The predicted octanol–water partition coefficient (Wildman–Crippen LogP) is 2.08. The molecule has 1 saturated carbocycles. The zero-order chi connectivity index (χ0) is 24.9. The molecule has 2 N–H and O–H groups in total. The molecule has 1 heterocycles. The number of nitrogens with zero attached hydrogens (tertiary/aromatic N) is 2. The van der Waals surface area contributed by atoms with Crippen molar-refractivity contribution in [2.45, 2.75) is 70.2 Å². The number of amidine groups is 1. The maximum Gasteiger partial charge on any atom is 0.324 e. The van der Waals surface area contributed by atoms with Gasteiger partial charge >= 0.3 is 6.03 Å². The minimum absolute atomic E-state index is 0.0302. The van der Waals surface area contributed by atoms with Gasteiger partial charge in [-0.05, 0) is 74.6 Å². The molecule has 0 saturated heterocycles. The summed E-state index contributed by atoms with van der Waals surface area (Å²) in [4.78, 5) is 29.8. The van der Waals surface area contributed by atoms with Crippen molar-refractivity contribution in [2.75, 3.05) is 13.1 Å². The normalized spacial score (nSPS) is 21.7. The smallest absolute Gasteiger partial charge is 0.324 e. The molecule has 2 aliphatic rings. The van der Waals surface area contributed by atoms with Gasteiger partial charge in [0.25, 0.3) is 15.9 Å². The molecular weight excluding hydrogens is 456 g/mol. The van der Waals surface area contributed by atoms with E-state index in [0.29, 0.717) is 37.4 Å². The van der Waals surface area contributed by atoms with Crippen LogP contribution in [0.4, 0.5) is 4.79 Å². The molecule has 10 heteroatoms. The van der Waals surface area contributed by atoms with Crippen LogP contribution in [0.5, 0.6) is 0 Å². The maximum atomic E-state index is 12.5. The number of amides is 3. The minimum Gasteiger partial charge on any atom is -0.846 e. The topological polar surface area (TPSA) is 131 Å². The van der Waals surface area contributed by atoms with E-state index in [0.717, 1.165) is 36.8 Å². The Bertz CT molecular complexity index is 1070. The summed E-state index contributed by atoms with van der Waals surface area (Å²) in [6.07, 6.45) is 4.62. The van der Waals surface area contributed by atoms with Crippen LogP contribution in [0.3, 0.4) is 0 Å². The second-order valence-electron chi connectivity index (χ2n) is 9.08. The van der Waals surface area contributed by atoms with E-state index in [4.69, 9.17) is 0 Å². The molecule has 0 atom stereocenters. The first-order valence-corrected chi connectivity index (χ1v) is 13.2. The summed E-state index contributed by atoms with van der Waals surface area (Å²) < 4.78 is 27.1. The summed E-state index contributed by atoms with van der Waals surface area (Å²) in [5.74, 6) is 0.363. The molecule has 0 spiro atoms. The first kappa shape index (κ1) is 25.7. The summed E-state index contributed by atoms with van der Waals surface area (Å²) >= 11 is 0. The fourth-order valence-corrected chi connectivity index (χ4v) is 5.24. The van der Waals surface area contributed by atoms with E-state index in [9.17, 15) is 23.1 Å². The molecule has 3 amide bonds. The maximum absolute atomic E-state index is 12.5. The van der Waals surface area contributed by atoms with E-state index in [1.807, 2.05) is 18.6 Å². The summed E-state index contributed by atoms with van der Waals surface area (Å²) in [7, 11) is -4.01. The highest BCUT2D eigenvalue weighted by atomic mass is 32.2. The van der Waals surface area contributed by atoms with Crippen LogP contribution >= 0.6 is 0 Å². The molecule has 3 rings (SSSR count). The van der Waals surface area contributed by atoms with E-state index >= 15 is 0 Å². The Balaban J connectivity index is 1.49. The van der Waals surface area contributed by atoms with Crippen LogP contribution in [0.2, 0.25) is 0 Å². The van der Waals surface area contributed by atoms with E-state index < -0.39 is 22.1 Å². The van der Waals surface area contributed by atoms with Crippen LogP contribution in [0.25, 0.3) is 0 Å². The van der Waals surface area contributed by atoms with Gasteiger partial charge in [-0.2, -0.15) is 0 Å². The van der Waals surface area contributed by atoms with E-state index in [1.54, 1.807) is 12.1 Å². The number of benzene rings is 1. The lowest BCUT2D eigenvalue weighted by atomic mass is 9.88. The number of aliphatic imine (C=N–C) groups is 1. The summed E-state index contributed by atoms with van der Waals surface area (Å²) in [5.41, 5.74) is 2.40. The van der Waals surface area contributed by atoms with Crippen molar-refractivity contribution in [3.63, 3.8) is 0 Å². The van der Waals surface area contributed by atoms with Crippen molar-refractivity contribution in [2.24, 2.45) is 10.9 Å². The van der Waals surface area contributed by atoms with Gasteiger partial charge < -0.3 is 10.4 Å². The molecule has 0 unspecified atom stereocenters. The zero-order valence-corrected chi connectivity index (χ0v) is 20.8. The largest absolute Gasteiger partial charge is 0.846 e. The van der Waals surface area contributed by atoms with Crippen molar-refractivity contribution in [3.8, 4) is 0 Å². The Labute approximate surface area is 201 Å². The average Bonchev–Trinajstić information content (AvgIpc) is 3.08. The molecule has 0 radical (unpaired) electrons. The second kappa shape index (κ2) is 11.0. The number of sulfonamides is 1. The van der Waals surface area contributed by atoms with Crippen molar-refractivity contribution >= 4 is 28.0 Å². The molecule has 1 aliphatic heterocycles. The van der Waals surface area contributed by atoms with Gasteiger partial charge in [-0.25, -0.2) is 13.2 Å². The number of urea groups is 1. The third-order valence-corrected chi connectivity index (χ3v) is 7.78. The fraction of sp³-hybridized carbons (Fsp3) is 0.542. The monoisotopic (exact) mass is 489 g/mol. The number of nitrogens with one attached hydrogen (secondary N) is 2. The van der Waals surface area contributed by atoms with Gasteiger partial charge in [0.2, 0.25) is 0 Å². The Morgan fingerprint density at radius 1 is 1.18 bits per heavy atom. The summed E-state index contributed by atoms with van der Waals surface area (Å²) in [6, 6.07) is 4.69. The van der Waals surface area contributed by atoms with Crippen LogP contribution in [-0.4, -0.2) is 50.4 Å². The quantitative estimate of drug-likeness (QED) is 0.447. The van der Waals surface area contributed by atoms with Crippen molar-refractivity contribution in [1.29, 1.82) is 0 Å². The summed E-state index contributed by atoms with van der Waals surface area (Å²) in [6.45, 7) is 6.50. The Morgan fingerprint density at radius 2 is 1.82 bits per heavy atom. The van der Waals surface area contributed by atoms with Gasteiger partial charge in [0.15, 0.2) is 0 Å². The van der Waals surface area contributed by atoms with E-state index in [2.05, 4.69) is 17.2 Å². The zero-order valence-electron chi connectivity index (χ0n) is 20.0. The van der Waals surface area contributed by atoms with E-state index in [-0.39, 0.29) is 16.8 Å². The third-order valence-electron chi connectivity index (χ3n) is 6.44. The first-order valence-electron chi connectivity index (χ1n) is 11.8. The highest BCUT2D eigenvalue weighted by molar-refractivity contribution is 7.90. The molecule has 186 valence electrons. The Morgan fingerprint density at radius 3 is 2.41 bits per heavy atom. The highest BCUT2D eigenvalue weighted by Crippen LogP contribution is 2.25. The standard InChI is InChI=1S/C24H34N4O5S/c1-4-21-17(3)15-28(22(21)29)24(31)25-14-13-18-7-11-20(12-8-18)34(32,33)27-23(30)26-19-9-5-16(2)6-10-19/h7-8,11-12,16,19H,4-6,9-10,13-15H2,1-3H3,(H,25,31)(H2,26,27,30)/p-1. The van der Waals surface area contributed by atoms with Crippen LogP contribution in [0, 0.1) is 5.92 Å². The molecule has 1 fully saturated rings. The van der Waals surface area contributed by atoms with Crippen molar-refractivity contribution in [1.82, 2.24) is 14.9 Å². The van der Waals surface area contributed by atoms with Crippen molar-refractivity contribution in [3.05, 3.63) is 41.0 Å². The molecule has 1 aliphatic carbocycles. The number of carbonyl (C=O) groups is 2. The SMILES string of the molecule is CCC1=C(C)CN(C(=O)NCCc2ccc(S(=O)(=O)NC([O-])=NC3CCC(C)CC3)cc2)C1=O. The molecule has 34 heavy (non-hydrogen) atoms. The number of carbonyl (C=O) groups excluding carboxylic acids is 2. The number of hydrogen-bond acceptors (Lipinski definition) is 6. The van der Waals surface area contributed by atoms with Crippen LogP contribution in [0.15, 0.2) is 45.3 Å². The van der Waals surface area contributed by atoms with Crippen LogP contribution < -0.4 is 15.1 Å². The van der Waals surface area contributed by atoms with Crippen LogP contribution in [-0.2, 0) is 21.2 Å². The predicted molar refractivity (Wildman–Crippen MR) is 127 cm³/mol. The van der Waals surface area contributed by atoms with Crippen molar-refractivity contribution < 1.29 is 23.1 Å². The van der Waals surface area contributed by atoms with Gasteiger partial charge in [-0.1, -0.05) is 26.0 Å². The fourth-order valence-electron chi connectivity index (χ4n) is 4.35. The lowest BCUT2D eigenvalue weighted by molar-refractivity contribution is -0.220. The summed E-state index contributed by atoms with van der Waals surface area (Å²) in [5, 5.41) is 14.9. The number of hydrogen-bond donors (Lipinski definition) is 2. The molecule has 1 aromatic rings. The first-order chi connectivity index (χ1) is 16.1. The van der Waals surface area contributed by atoms with Gasteiger partial charge in [0, 0.05) is 12.1 Å². The lowest BCUT2D eigenvalue weighted by Gasteiger charge is -2.25. The molecular formula is C24H33N4O5S-. The molecule has 9 nitrogen and oxygen atoms in total. The second-order valence-corrected chi connectivity index (χ2v) is 10.8. The Hall–Kier alpha value is -2.88. The number of rotatable bonds is 7. The third kappa shape index (κ3) is 6.37. The molecule has 0 bridgehead atoms. The van der Waals surface area contributed by atoms with Gasteiger partial charge in [-0.15, -0.1) is 0 Å². The Kier molecular flexibility index (Phi) is 8.35. The van der Waals surface area contributed by atoms with E-state index in [1.165, 1.54) is 17.0 Å². The van der Waals surface area contributed by atoms with Gasteiger partial charge in [0.05, 0.1) is 23.5 Å². The van der Waals surface area contributed by atoms with Gasteiger partial charge in [-0.3, -0.25) is 19.4 Å². The average molecular weight is 490 g/mol. The number of imide groups is 1. The minimum atomic E-state index is -4.01. The highest BCUT2D eigenvalue weighted by Gasteiger charge is 2.31. The molecule has 1 aromatic carbocycles.